The van der Waals surface area contributed by atoms with Gasteiger partial charge in [-0.2, -0.15) is 0 Å². The van der Waals surface area contributed by atoms with E-state index < -0.39 is 0 Å². The number of hydrogen-bond acceptors (Lipinski definition) is 2. The molecule has 1 aromatic heterocycles. The fourth-order valence-corrected chi connectivity index (χ4v) is 3.95. The van der Waals surface area contributed by atoms with Gasteiger partial charge in [-0.25, -0.2) is 0 Å². The van der Waals surface area contributed by atoms with E-state index >= 15 is 0 Å². The van der Waals surface area contributed by atoms with Crippen LogP contribution >= 0.6 is 33.9 Å². The monoisotopic (exact) mass is 355 g/mol. The van der Waals surface area contributed by atoms with E-state index in [0.29, 0.717) is 6.04 Å². The molecule has 1 atom stereocenters. The van der Waals surface area contributed by atoms with Crippen molar-refractivity contribution in [3.05, 3.63) is 49.7 Å². The maximum Gasteiger partial charge on any atom is 0.0524 e. The maximum atomic E-state index is 3.67. The van der Waals surface area contributed by atoms with Crippen molar-refractivity contribution in [1.82, 2.24) is 0 Å². The van der Waals surface area contributed by atoms with Gasteiger partial charge in [-0.3, -0.25) is 0 Å². The van der Waals surface area contributed by atoms with Gasteiger partial charge in [0.05, 0.1) is 6.04 Å². The molecule has 17 heavy (non-hydrogen) atoms. The number of thiophene rings is 1. The van der Waals surface area contributed by atoms with Crippen LogP contribution in [-0.2, 0) is 6.42 Å². The molecule has 1 aliphatic rings. The Morgan fingerprint density at radius 3 is 3.12 bits per heavy atom. The summed E-state index contributed by atoms with van der Waals surface area (Å²) in [4.78, 5) is 1.57. The van der Waals surface area contributed by atoms with Crippen LogP contribution in [-0.4, -0.2) is 0 Å². The summed E-state index contributed by atoms with van der Waals surface area (Å²) in [7, 11) is 0. The minimum Gasteiger partial charge on any atom is -0.378 e. The minimum absolute atomic E-state index is 0.503. The molecule has 0 spiro atoms. The average molecular weight is 355 g/mol. The molecule has 0 saturated heterocycles. The zero-order chi connectivity index (χ0) is 11.7. The summed E-state index contributed by atoms with van der Waals surface area (Å²) in [6, 6.07) is 11.4. The first-order valence-electron chi connectivity index (χ1n) is 5.91. The summed E-state index contributed by atoms with van der Waals surface area (Å²) >= 11 is 4.26. The molecule has 2 aromatic rings. The summed E-state index contributed by atoms with van der Waals surface area (Å²) in [6.07, 6.45) is 3.81. The molecule has 0 fully saturated rings. The van der Waals surface area contributed by atoms with Crippen LogP contribution in [0.3, 0.4) is 0 Å². The molecule has 1 unspecified atom stereocenters. The summed E-state index contributed by atoms with van der Waals surface area (Å²) in [5.74, 6) is 0. The van der Waals surface area contributed by atoms with Gasteiger partial charge in [-0.15, -0.1) is 11.3 Å². The molecule has 0 saturated carbocycles. The van der Waals surface area contributed by atoms with E-state index in [1.54, 1.807) is 4.88 Å². The van der Waals surface area contributed by atoms with Gasteiger partial charge in [0.2, 0.25) is 0 Å². The number of hydrogen-bond donors (Lipinski definition) is 1. The topological polar surface area (TPSA) is 12.0 Å². The number of nitrogens with one attached hydrogen (secondary N) is 1. The Bertz CT molecular complexity index is 520. The Morgan fingerprint density at radius 2 is 2.24 bits per heavy atom. The minimum atomic E-state index is 0.503. The molecule has 0 radical (unpaired) electrons. The van der Waals surface area contributed by atoms with Gasteiger partial charge in [-0.05, 0) is 77.1 Å². The van der Waals surface area contributed by atoms with Crippen molar-refractivity contribution in [2.24, 2.45) is 0 Å². The molecule has 88 valence electrons. The quantitative estimate of drug-likeness (QED) is 0.760. The summed E-state index contributed by atoms with van der Waals surface area (Å²) in [6.45, 7) is 0. The predicted molar refractivity (Wildman–Crippen MR) is 82.8 cm³/mol. The predicted octanol–water partition coefficient (Wildman–Crippen LogP) is 4.84. The third kappa shape index (κ3) is 2.50. The molecule has 0 aliphatic heterocycles. The highest BCUT2D eigenvalue weighted by Gasteiger charge is 2.20. The first-order valence-corrected chi connectivity index (χ1v) is 7.87. The van der Waals surface area contributed by atoms with Gasteiger partial charge in [0, 0.05) is 14.1 Å². The van der Waals surface area contributed by atoms with Crippen LogP contribution in [0, 0.1) is 3.57 Å². The third-order valence-electron chi connectivity index (χ3n) is 3.22. The highest BCUT2D eigenvalue weighted by atomic mass is 127. The van der Waals surface area contributed by atoms with Crippen molar-refractivity contribution in [2.75, 3.05) is 5.32 Å². The van der Waals surface area contributed by atoms with Crippen molar-refractivity contribution >= 4 is 39.6 Å². The Labute approximate surface area is 119 Å². The fraction of sp³-hybridized carbons (Fsp3) is 0.286. The second-order valence-corrected chi connectivity index (χ2v) is 6.64. The van der Waals surface area contributed by atoms with Gasteiger partial charge in [0.1, 0.15) is 0 Å². The zero-order valence-corrected chi connectivity index (χ0v) is 12.4. The Morgan fingerprint density at radius 1 is 1.29 bits per heavy atom. The van der Waals surface area contributed by atoms with Crippen molar-refractivity contribution in [3.8, 4) is 0 Å². The summed E-state index contributed by atoms with van der Waals surface area (Å²) in [5, 5.41) is 5.89. The standard InChI is InChI=1S/C14H14INS/c15-10-3-1-4-11(9-10)16-13-5-2-6-14-12(13)7-8-17-14/h1,3-4,7-9,13,16H,2,5-6H2. The van der Waals surface area contributed by atoms with Gasteiger partial charge in [0.15, 0.2) is 0 Å². The number of aryl methyl sites for hydroxylation is 1. The van der Waals surface area contributed by atoms with Crippen LogP contribution in [0.15, 0.2) is 35.7 Å². The van der Waals surface area contributed by atoms with E-state index in [1.165, 1.54) is 34.1 Å². The van der Waals surface area contributed by atoms with Crippen molar-refractivity contribution < 1.29 is 0 Å². The van der Waals surface area contributed by atoms with Gasteiger partial charge in [-0.1, -0.05) is 6.07 Å². The lowest BCUT2D eigenvalue weighted by molar-refractivity contribution is 0.609. The van der Waals surface area contributed by atoms with E-state index in [2.05, 4.69) is 63.6 Å². The van der Waals surface area contributed by atoms with Crippen LogP contribution in [0.2, 0.25) is 0 Å². The molecule has 1 nitrogen and oxygen atoms in total. The van der Waals surface area contributed by atoms with Crippen molar-refractivity contribution in [2.45, 2.75) is 25.3 Å². The molecular weight excluding hydrogens is 341 g/mol. The molecule has 1 N–H and O–H groups in total. The average Bonchev–Trinajstić information content (AvgIpc) is 2.78. The van der Waals surface area contributed by atoms with Gasteiger partial charge in [0.25, 0.3) is 0 Å². The lowest BCUT2D eigenvalue weighted by Crippen LogP contribution is -2.15. The number of rotatable bonds is 2. The Hall–Kier alpha value is -0.550. The smallest absolute Gasteiger partial charge is 0.0524 e. The summed E-state index contributed by atoms with van der Waals surface area (Å²) in [5.41, 5.74) is 2.75. The molecule has 1 aromatic carbocycles. The third-order valence-corrected chi connectivity index (χ3v) is 4.88. The summed E-state index contributed by atoms with van der Waals surface area (Å²) < 4.78 is 1.29. The normalized spacial score (nSPS) is 18.8. The molecule has 3 heteroatoms. The first-order chi connectivity index (χ1) is 8.33. The molecule has 3 rings (SSSR count). The zero-order valence-electron chi connectivity index (χ0n) is 9.45. The van der Waals surface area contributed by atoms with Crippen LogP contribution < -0.4 is 5.32 Å². The van der Waals surface area contributed by atoms with Crippen molar-refractivity contribution in [3.63, 3.8) is 0 Å². The number of fused-ring (bicyclic) bond motifs is 1. The SMILES string of the molecule is Ic1cccc(NC2CCCc3sccc32)c1. The van der Waals surface area contributed by atoms with Gasteiger partial charge >= 0.3 is 0 Å². The number of halogens is 1. The number of benzene rings is 1. The van der Waals surface area contributed by atoms with Crippen LogP contribution in [0.1, 0.15) is 29.3 Å². The number of anilines is 1. The van der Waals surface area contributed by atoms with Gasteiger partial charge < -0.3 is 5.32 Å². The molecule has 1 heterocycles. The van der Waals surface area contributed by atoms with Crippen molar-refractivity contribution in [1.29, 1.82) is 0 Å². The first kappa shape index (κ1) is 11.5. The fourth-order valence-electron chi connectivity index (χ4n) is 2.42. The lowest BCUT2D eigenvalue weighted by atomic mass is 9.94. The van der Waals surface area contributed by atoms with E-state index in [1.807, 2.05) is 11.3 Å². The van der Waals surface area contributed by atoms with E-state index in [9.17, 15) is 0 Å². The Balaban J connectivity index is 1.84. The largest absolute Gasteiger partial charge is 0.378 e. The highest BCUT2D eigenvalue weighted by Crippen LogP contribution is 2.35. The Kier molecular flexibility index (Phi) is 3.38. The van der Waals surface area contributed by atoms with Crippen LogP contribution in [0.25, 0.3) is 0 Å². The van der Waals surface area contributed by atoms with E-state index in [0.717, 1.165) is 0 Å². The second kappa shape index (κ2) is 4.98. The van der Waals surface area contributed by atoms with E-state index in [-0.39, 0.29) is 0 Å². The lowest BCUT2D eigenvalue weighted by Gasteiger charge is -2.24. The maximum absolute atomic E-state index is 3.67. The van der Waals surface area contributed by atoms with Crippen LogP contribution in [0.5, 0.6) is 0 Å². The molecule has 0 amide bonds. The van der Waals surface area contributed by atoms with E-state index in [4.69, 9.17) is 0 Å². The van der Waals surface area contributed by atoms with Crippen LogP contribution in [0.4, 0.5) is 5.69 Å². The second-order valence-electron chi connectivity index (χ2n) is 4.40. The highest BCUT2D eigenvalue weighted by molar-refractivity contribution is 14.1. The molecular formula is C14H14INS. The molecule has 0 bridgehead atoms. The molecule has 1 aliphatic carbocycles.